The minimum absolute atomic E-state index is 0.116. The number of hydrogen-bond donors (Lipinski definition) is 1. The minimum Gasteiger partial charge on any atom is -0.376 e. The first-order chi connectivity index (χ1) is 13.5. The van der Waals surface area contributed by atoms with E-state index in [-0.39, 0.29) is 24.8 Å². The van der Waals surface area contributed by atoms with E-state index in [9.17, 15) is 26.3 Å². The molecule has 1 N–H and O–H groups in total. The summed E-state index contributed by atoms with van der Waals surface area (Å²) >= 11 is 0. The minimum atomic E-state index is -4.87. The summed E-state index contributed by atoms with van der Waals surface area (Å²) < 4.78 is 83.6. The van der Waals surface area contributed by atoms with Gasteiger partial charge in [-0.25, -0.2) is 0 Å². The highest BCUT2D eigenvalue weighted by molar-refractivity contribution is 5.33. The van der Waals surface area contributed by atoms with Gasteiger partial charge < -0.3 is 10.1 Å². The molecular weight excluding hydrogens is 396 g/mol. The Morgan fingerprint density at radius 3 is 1.86 bits per heavy atom. The van der Waals surface area contributed by atoms with Crippen molar-refractivity contribution in [3.63, 3.8) is 0 Å². The van der Waals surface area contributed by atoms with Crippen molar-refractivity contribution < 1.29 is 31.1 Å². The molecule has 0 aromatic heterocycles. The third-order valence-corrected chi connectivity index (χ3v) is 4.73. The van der Waals surface area contributed by atoms with Gasteiger partial charge in [-0.1, -0.05) is 37.3 Å². The number of benzene rings is 2. The van der Waals surface area contributed by atoms with Crippen LogP contribution in [0.3, 0.4) is 0 Å². The van der Waals surface area contributed by atoms with Crippen LogP contribution in [0.2, 0.25) is 0 Å². The molecule has 0 aliphatic carbocycles. The molecule has 0 radical (unpaired) electrons. The average Bonchev–Trinajstić information content (AvgIpc) is 2.65. The molecule has 29 heavy (non-hydrogen) atoms. The van der Waals surface area contributed by atoms with Gasteiger partial charge in [0, 0.05) is 5.41 Å². The molecular formula is C21H23F6NO. The predicted octanol–water partition coefficient (Wildman–Crippen LogP) is 5.81. The molecule has 2 aromatic rings. The summed E-state index contributed by atoms with van der Waals surface area (Å²) in [6.45, 7) is 2.43. The smallest absolute Gasteiger partial charge is 0.376 e. The lowest BCUT2D eigenvalue weighted by Gasteiger charge is -2.30. The number of ether oxygens (including phenoxy) is 1. The molecule has 0 bridgehead atoms. The van der Waals surface area contributed by atoms with Gasteiger partial charge in [0.2, 0.25) is 0 Å². The average molecular weight is 419 g/mol. The largest absolute Gasteiger partial charge is 0.416 e. The van der Waals surface area contributed by atoms with Gasteiger partial charge in [-0.05, 0) is 49.3 Å². The van der Waals surface area contributed by atoms with Crippen molar-refractivity contribution >= 4 is 0 Å². The van der Waals surface area contributed by atoms with Crippen molar-refractivity contribution in [1.82, 2.24) is 5.32 Å². The van der Waals surface area contributed by atoms with Gasteiger partial charge in [-0.2, -0.15) is 26.3 Å². The lowest BCUT2D eigenvalue weighted by atomic mass is 9.80. The number of rotatable bonds is 8. The molecule has 0 spiro atoms. The fraction of sp³-hybridized carbons (Fsp3) is 0.429. The van der Waals surface area contributed by atoms with Gasteiger partial charge in [0.05, 0.1) is 24.3 Å². The summed E-state index contributed by atoms with van der Waals surface area (Å²) in [4.78, 5) is 0. The van der Waals surface area contributed by atoms with Crippen molar-refractivity contribution in [2.75, 3.05) is 20.2 Å². The Kier molecular flexibility index (Phi) is 7.35. The maximum absolute atomic E-state index is 13.0. The number of halogens is 6. The van der Waals surface area contributed by atoms with Gasteiger partial charge in [0.1, 0.15) is 0 Å². The zero-order valence-corrected chi connectivity index (χ0v) is 16.1. The van der Waals surface area contributed by atoms with Crippen molar-refractivity contribution in [3.8, 4) is 0 Å². The van der Waals surface area contributed by atoms with Crippen LogP contribution in [0.5, 0.6) is 0 Å². The summed E-state index contributed by atoms with van der Waals surface area (Å²) in [5.41, 5.74) is -2.32. The van der Waals surface area contributed by atoms with Crippen LogP contribution in [0.15, 0.2) is 48.5 Å². The summed E-state index contributed by atoms with van der Waals surface area (Å²) in [5.74, 6) is 0. The summed E-state index contributed by atoms with van der Waals surface area (Å²) in [5, 5.41) is 3.04. The molecule has 0 aliphatic heterocycles. The van der Waals surface area contributed by atoms with E-state index in [4.69, 9.17) is 4.74 Å². The second-order valence-corrected chi connectivity index (χ2v) is 7.19. The zero-order chi connectivity index (χ0) is 21.7. The first-order valence-corrected chi connectivity index (χ1v) is 9.02. The van der Waals surface area contributed by atoms with E-state index >= 15 is 0 Å². The molecule has 0 aliphatic rings. The van der Waals surface area contributed by atoms with Gasteiger partial charge in [-0.15, -0.1) is 0 Å². The standard InChI is InChI=1S/C21H23F6NO/c1-19(8-9-28-2,16-6-4-3-5-7-16)14-29-13-15-10-17(20(22,23)24)12-18(11-15)21(25,26)27/h3-7,10-12,28H,8-9,13-14H2,1-2H3. The molecule has 1 atom stereocenters. The maximum atomic E-state index is 13.0. The molecule has 0 amide bonds. The Morgan fingerprint density at radius 1 is 0.828 bits per heavy atom. The van der Waals surface area contributed by atoms with Gasteiger partial charge in [-0.3, -0.25) is 0 Å². The molecule has 2 aromatic carbocycles. The molecule has 0 saturated carbocycles. The molecule has 0 saturated heterocycles. The Bertz CT molecular complexity index is 756. The molecule has 2 rings (SSSR count). The molecule has 0 fully saturated rings. The summed E-state index contributed by atoms with van der Waals surface area (Å²) in [6, 6.07) is 11.0. The zero-order valence-electron chi connectivity index (χ0n) is 16.1. The SMILES string of the molecule is CNCCC(C)(COCc1cc(C(F)(F)F)cc(C(F)(F)F)c1)c1ccccc1. The highest BCUT2D eigenvalue weighted by Crippen LogP contribution is 2.36. The van der Waals surface area contributed by atoms with Gasteiger partial charge in [0.15, 0.2) is 0 Å². The normalized spacial score (nSPS) is 14.6. The van der Waals surface area contributed by atoms with Crippen molar-refractivity contribution in [3.05, 3.63) is 70.8 Å². The van der Waals surface area contributed by atoms with Crippen molar-refractivity contribution in [1.29, 1.82) is 0 Å². The van der Waals surface area contributed by atoms with Crippen LogP contribution in [0.1, 0.15) is 35.6 Å². The highest BCUT2D eigenvalue weighted by Gasteiger charge is 2.37. The third kappa shape index (κ3) is 6.47. The molecule has 8 heteroatoms. The first kappa shape index (κ1) is 23.2. The predicted molar refractivity (Wildman–Crippen MR) is 98.4 cm³/mol. The first-order valence-electron chi connectivity index (χ1n) is 9.02. The van der Waals surface area contributed by atoms with E-state index in [2.05, 4.69) is 5.32 Å². The number of hydrogen-bond acceptors (Lipinski definition) is 2. The van der Waals surface area contributed by atoms with Crippen LogP contribution < -0.4 is 5.32 Å². The van der Waals surface area contributed by atoms with Gasteiger partial charge >= 0.3 is 12.4 Å². The van der Waals surface area contributed by atoms with Crippen LogP contribution in [-0.2, 0) is 29.1 Å². The van der Waals surface area contributed by atoms with Crippen LogP contribution >= 0.6 is 0 Å². The van der Waals surface area contributed by atoms with E-state index in [0.29, 0.717) is 25.1 Å². The monoisotopic (exact) mass is 419 g/mol. The molecule has 160 valence electrons. The number of nitrogens with one attached hydrogen (secondary N) is 1. The van der Waals surface area contributed by atoms with E-state index in [1.54, 1.807) is 7.05 Å². The molecule has 0 heterocycles. The molecule has 1 unspecified atom stereocenters. The summed E-state index contributed by atoms with van der Waals surface area (Å²) in [7, 11) is 1.80. The third-order valence-electron chi connectivity index (χ3n) is 4.73. The van der Waals surface area contributed by atoms with Crippen molar-refractivity contribution in [2.24, 2.45) is 0 Å². The highest BCUT2D eigenvalue weighted by atomic mass is 19.4. The van der Waals surface area contributed by atoms with Crippen molar-refractivity contribution in [2.45, 2.75) is 37.7 Å². The van der Waals surface area contributed by atoms with Crippen LogP contribution in [0.25, 0.3) is 0 Å². The number of alkyl halides is 6. The lowest BCUT2D eigenvalue weighted by Crippen LogP contribution is -2.32. The Morgan fingerprint density at radius 2 is 1.38 bits per heavy atom. The van der Waals surface area contributed by atoms with Crippen LogP contribution in [0, 0.1) is 0 Å². The fourth-order valence-corrected chi connectivity index (χ4v) is 3.04. The maximum Gasteiger partial charge on any atom is 0.416 e. The van der Waals surface area contributed by atoms with Crippen LogP contribution in [0.4, 0.5) is 26.3 Å². The Hall–Kier alpha value is -2.06. The van der Waals surface area contributed by atoms with Gasteiger partial charge in [0.25, 0.3) is 0 Å². The quantitative estimate of drug-likeness (QED) is 0.546. The lowest BCUT2D eigenvalue weighted by molar-refractivity contribution is -0.143. The second kappa shape index (κ2) is 9.17. The fourth-order valence-electron chi connectivity index (χ4n) is 3.04. The van der Waals surface area contributed by atoms with E-state index in [0.717, 1.165) is 5.56 Å². The van der Waals surface area contributed by atoms with Crippen LogP contribution in [-0.4, -0.2) is 20.2 Å². The second-order valence-electron chi connectivity index (χ2n) is 7.19. The summed E-state index contributed by atoms with van der Waals surface area (Å²) in [6.07, 6.45) is -9.06. The Balaban J connectivity index is 2.21. The van der Waals surface area contributed by atoms with E-state index < -0.39 is 28.9 Å². The Labute approximate surface area is 165 Å². The van der Waals surface area contributed by atoms with E-state index in [1.807, 2.05) is 37.3 Å². The topological polar surface area (TPSA) is 21.3 Å². The molecule has 2 nitrogen and oxygen atoms in total. The van der Waals surface area contributed by atoms with E-state index in [1.165, 1.54) is 0 Å².